The van der Waals surface area contributed by atoms with Crippen LogP contribution in [0, 0.1) is 5.82 Å². The van der Waals surface area contributed by atoms with Crippen molar-refractivity contribution in [2.45, 2.75) is 29.2 Å². The van der Waals surface area contributed by atoms with Crippen LogP contribution in [0.4, 0.5) is 4.39 Å². The van der Waals surface area contributed by atoms with Gasteiger partial charge in [-0.3, -0.25) is 0 Å². The van der Waals surface area contributed by atoms with E-state index in [0.717, 1.165) is 0 Å². The highest BCUT2D eigenvalue weighted by Gasteiger charge is 2.36. The van der Waals surface area contributed by atoms with E-state index in [1.807, 2.05) is 11.9 Å². The number of aromatic nitrogens is 3. The van der Waals surface area contributed by atoms with Gasteiger partial charge >= 0.3 is 0 Å². The van der Waals surface area contributed by atoms with Crippen LogP contribution in [0.25, 0.3) is 11.1 Å². The quantitative estimate of drug-likeness (QED) is 0.567. The van der Waals surface area contributed by atoms with Crippen LogP contribution in [0.15, 0.2) is 64.9 Å². The standard InChI is InChI=1S/C22H22FN5O3S/c1-27-13-19(14-27)32(29,30)18-5-2-15(3-6-18)20-7-4-16(10-21(20)23)22-11-17(31-25-22)12-28-9-8-24-26-28/h2-10,17,19H,11-14H2,1H3/t17-/m1/s1. The Bertz CT molecular complexity index is 1250. The Hall–Kier alpha value is -3.11. The maximum atomic E-state index is 14.9. The first-order valence-electron chi connectivity index (χ1n) is 10.3. The first-order chi connectivity index (χ1) is 15.4. The second-order valence-corrected chi connectivity index (χ2v) is 10.4. The predicted molar refractivity (Wildman–Crippen MR) is 116 cm³/mol. The summed E-state index contributed by atoms with van der Waals surface area (Å²) in [6, 6.07) is 11.3. The Labute approximate surface area is 185 Å². The molecule has 0 radical (unpaired) electrons. The van der Waals surface area contributed by atoms with Gasteiger partial charge in [-0.05, 0) is 30.8 Å². The molecule has 5 rings (SSSR count). The van der Waals surface area contributed by atoms with Gasteiger partial charge in [0.1, 0.15) is 5.82 Å². The number of benzene rings is 2. The molecule has 0 amide bonds. The van der Waals surface area contributed by atoms with Crippen LogP contribution >= 0.6 is 0 Å². The summed E-state index contributed by atoms with van der Waals surface area (Å²) in [6.07, 6.45) is 3.71. The molecule has 2 aliphatic heterocycles. The number of hydrogen-bond acceptors (Lipinski definition) is 7. The Balaban J connectivity index is 1.29. The minimum Gasteiger partial charge on any atom is -0.390 e. The number of likely N-dealkylation sites (tertiary alicyclic amines) is 1. The summed E-state index contributed by atoms with van der Waals surface area (Å²) in [7, 11) is -1.47. The van der Waals surface area contributed by atoms with Gasteiger partial charge in [-0.1, -0.05) is 34.6 Å². The molecule has 0 spiro atoms. The molecule has 0 saturated carbocycles. The second-order valence-electron chi connectivity index (χ2n) is 8.20. The summed E-state index contributed by atoms with van der Waals surface area (Å²) in [5, 5.41) is 11.4. The van der Waals surface area contributed by atoms with E-state index >= 15 is 0 Å². The van der Waals surface area contributed by atoms with E-state index in [9.17, 15) is 12.8 Å². The van der Waals surface area contributed by atoms with Crippen molar-refractivity contribution in [2.75, 3.05) is 20.1 Å². The molecule has 1 fully saturated rings. The Morgan fingerprint density at radius 1 is 1.12 bits per heavy atom. The number of sulfone groups is 1. The van der Waals surface area contributed by atoms with E-state index in [0.29, 0.717) is 48.5 Å². The first kappa shape index (κ1) is 20.8. The molecule has 166 valence electrons. The third-order valence-corrected chi connectivity index (χ3v) is 7.97. The molecule has 3 aromatic rings. The van der Waals surface area contributed by atoms with Gasteiger partial charge < -0.3 is 9.74 Å². The molecule has 0 unspecified atom stereocenters. The van der Waals surface area contributed by atoms with Crippen LogP contribution in [-0.2, 0) is 21.2 Å². The molecule has 2 aromatic carbocycles. The summed E-state index contributed by atoms with van der Waals surface area (Å²) in [4.78, 5) is 7.68. The smallest absolute Gasteiger partial charge is 0.183 e. The second kappa shape index (κ2) is 8.10. The molecule has 0 aliphatic carbocycles. The molecular weight excluding hydrogens is 433 g/mol. The highest BCUT2D eigenvalue weighted by atomic mass is 32.2. The average molecular weight is 456 g/mol. The topological polar surface area (TPSA) is 89.7 Å². The van der Waals surface area contributed by atoms with Crippen molar-refractivity contribution in [3.63, 3.8) is 0 Å². The molecule has 1 atom stereocenters. The van der Waals surface area contributed by atoms with Gasteiger partial charge in [0.05, 0.1) is 28.6 Å². The van der Waals surface area contributed by atoms with Crippen molar-refractivity contribution >= 4 is 15.5 Å². The van der Waals surface area contributed by atoms with E-state index in [-0.39, 0.29) is 16.2 Å². The number of oxime groups is 1. The Kier molecular flexibility index (Phi) is 5.26. The van der Waals surface area contributed by atoms with Crippen LogP contribution in [0.1, 0.15) is 12.0 Å². The predicted octanol–water partition coefficient (Wildman–Crippen LogP) is 2.37. The first-order valence-corrected chi connectivity index (χ1v) is 11.8. The SMILES string of the molecule is CN1CC(S(=O)(=O)c2ccc(-c3ccc(C4=NO[C@@H](Cn5ccnn5)C4)cc3F)cc2)C1. The number of hydrogen-bond donors (Lipinski definition) is 0. The molecule has 0 N–H and O–H groups in total. The zero-order chi connectivity index (χ0) is 22.3. The lowest BCUT2D eigenvalue weighted by Crippen LogP contribution is -2.52. The lowest BCUT2D eigenvalue weighted by molar-refractivity contribution is 0.0693. The van der Waals surface area contributed by atoms with Crippen LogP contribution in [0.3, 0.4) is 0 Å². The van der Waals surface area contributed by atoms with Crippen molar-refractivity contribution in [3.05, 3.63) is 66.2 Å². The van der Waals surface area contributed by atoms with E-state index in [1.54, 1.807) is 53.5 Å². The van der Waals surface area contributed by atoms with Gasteiger partial charge in [0, 0.05) is 36.8 Å². The largest absolute Gasteiger partial charge is 0.390 e. The normalized spacial score (nSPS) is 19.4. The van der Waals surface area contributed by atoms with Crippen molar-refractivity contribution < 1.29 is 17.6 Å². The minimum absolute atomic E-state index is 0.181. The third-order valence-electron chi connectivity index (χ3n) is 5.86. The maximum absolute atomic E-state index is 14.9. The lowest BCUT2D eigenvalue weighted by Gasteiger charge is -2.35. The number of rotatable bonds is 6. The minimum atomic E-state index is -3.36. The Morgan fingerprint density at radius 3 is 2.53 bits per heavy atom. The van der Waals surface area contributed by atoms with Crippen molar-refractivity contribution in [1.29, 1.82) is 0 Å². The molecule has 0 bridgehead atoms. The van der Waals surface area contributed by atoms with Crippen molar-refractivity contribution in [2.24, 2.45) is 5.16 Å². The fourth-order valence-electron chi connectivity index (χ4n) is 4.02. The summed E-state index contributed by atoms with van der Waals surface area (Å²) in [5.41, 5.74) is 2.35. The number of nitrogens with zero attached hydrogens (tertiary/aromatic N) is 5. The number of halogens is 1. The lowest BCUT2D eigenvalue weighted by atomic mass is 9.99. The van der Waals surface area contributed by atoms with Crippen LogP contribution in [-0.4, -0.2) is 65.5 Å². The molecule has 8 nitrogen and oxygen atoms in total. The highest BCUT2D eigenvalue weighted by Crippen LogP contribution is 2.29. The van der Waals surface area contributed by atoms with Crippen molar-refractivity contribution in [3.8, 4) is 11.1 Å². The monoisotopic (exact) mass is 455 g/mol. The average Bonchev–Trinajstić information content (AvgIpc) is 3.44. The molecule has 10 heteroatoms. The van der Waals surface area contributed by atoms with Gasteiger partial charge in [0.25, 0.3) is 0 Å². The van der Waals surface area contributed by atoms with Gasteiger partial charge in [-0.25, -0.2) is 17.5 Å². The van der Waals surface area contributed by atoms with Crippen LogP contribution < -0.4 is 0 Å². The third kappa shape index (κ3) is 3.91. The maximum Gasteiger partial charge on any atom is 0.183 e. The fraction of sp³-hybridized carbons (Fsp3) is 0.318. The van der Waals surface area contributed by atoms with Gasteiger partial charge in [-0.15, -0.1) is 5.10 Å². The summed E-state index contributed by atoms with van der Waals surface area (Å²) >= 11 is 0. The molecule has 1 saturated heterocycles. The van der Waals surface area contributed by atoms with E-state index in [1.165, 1.54) is 6.07 Å². The Morgan fingerprint density at radius 2 is 1.88 bits per heavy atom. The fourth-order valence-corrected chi connectivity index (χ4v) is 5.82. The van der Waals surface area contributed by atoms with Crippen molar-refractivity contribution in [1.82, 2.24) is 19.9 Å². The van der Waals surface area contributed by atoms with E-state index in [4.69, 9.17) is 4.84 Å². The van der Waals surface area contributed by atoms with E-state index in [2.05, 4.69) is 15.5 Å². The van der Waals surface area contributed by atoms with E-state index < -0.39 is 15.7 Å². The highest BCUT2D eigenvalue weighted by molar-refractivity contribution is 7.92. The van der Waals surface area contributed by atoms with Gasteiger partial charge in [0.15, 0.2) is 15.9 Å². The summed E-state index contributed by atoms with van der Waals surface area (Å²) in [5.74, 6) is -0.402. The van der Waals surface area contributed by atoms with Crippen LogP contribution in [0.2, 0.25) is 0 Å². The zero-order valence-electron chi connectivity index (χ0n) is 17.4. The molecule has 32 heavy (non-hydrogen) atoms. The molecule has 1 aromatic heterocycles. The molecule has 2 aliphatic rings. The molecular formula is C22H22FN5O3S. The summed E-state index contributed by atoms with van der Waals surface area (Å²) < 4.78 is 41.9. The van der Waals surface area contributed by atoms with Gasteiger partial charge in [-0.2, -0.15) is 0 Å². The molecule has 3 heterocycles. The zero-order valence-corrected chi connectivity index (χ0v) is 18.2. The van der Waals surface area contributed by atoms with Gasteiger partial charge in [0.2, 0.25) is 0 Å². The summed E-state index contributed by atoms with van der Waals surface area (Å²) in [6.45, 7) is 1.58. The van der Waals surface area contributed by atoms with Crippen LogP contribution in [0.5, 0.6) is 0 Å².